The third-order valence-electron chi connectivity index (χ3n) is 3.92. The minimum absolute atomic E-state index is 0.163. The third kappa shape index (κ3) is 4.07. The number of rotatable bonds is 4. The average Bonchev–Trinajstić information content (AvgIpc) is 2.66. The van der Waals surface area contributed by atoms with Crippen molar-refractivity contribution in [2.75, 3.05) is 0 Å². The molecule has 0 amide bonds. The van der Waals surface area contributed by atoms with Crippen molar-refractivity contribution in [3.8, 4) is 29.2 Å². The number of alkyl halides is 3. The van der Waals surface area contributed by atoms with Crippen LogP contribution in [0, 0.1) is 12.3 Å². The molecule has 130 valence electrons. The maximum Gasteiger partial charge on any atom is 0.417 e. The number of terminal acetylenes is 1. The second-order valence-electron chi connectivity index (χ2n) is 5.70. The van der Waals surface area contributed by atoms with E-state index in [1.54, 1.807) is 30.3 Å². The van der Waals surface area contributed by atoms with E-state index in [4.69, 9.17) is 11.2 Å². The fourth-order valence-electron chi connectivity index (χ4n) is 2.57. The second kappa shape index (κ2) is 7.37. The summed E-state index contributed by atoms with van der Waals surface area (Å²) in [6, 6.07) is 20.6. The molecule has 0 saturated heterocycles. The minimum Gasteiger partial charge on any atom is -0.489 e. The summed E-state index contributed by atoms with van der Waals surface area (Å²) in [5, 5.41) is 0. The molecule has 3 rings (SSSR count). The van der Waals surface area contributed by atoms with Crippen molar-refractivity contribution >= 4 is 0 Å². The van der Waals surface area contributed by atoms with E-state index in [1.807, 2.05) is 30.3 Å². The van der Waals surface area contributed by atoms with Gasteiger partial charge in [0.1, 0.15) is 12.4 Å². The number of hydrogen-bond acceptors (Lipinski definition) is 1. The Bertz CT molecular complexity index is 920. The van der Waals surface area contributed by atoms with Gasteiger partial charge in [-0.25, -0.2) is 0 Å². The van der Waals surface area contributed by atoms with Gasteiger partial charge in [0.25, 0.3) is 0 Å². The summed E-state index contributed by atoms with van der Waals surface area (Å²) in [5.74, 6) is 2.73. The zero-order valence-electron chi connectivity index (χ0n) is 13.8. The number of halogens is 3. The summed E-state index contributed by atoms with van der Waals surface area (Å²) in [6.45, 7) is 0.426. The lowest BCUT2D eigenvalue weighted by atomic mass is 9.99. The van der Waals surface area contributed by atoms with E-state index in [2.05, 4.69) is 5.92 Å². The van der Waals surface area contributed by atoms with E-state index >= 15 is 0 Å². The van der Waals surface area contributed by atoms with Crippen LogP contribution in [0.3, 0.4) is 0 Å². The molecular formula is C22H15F3O. The van der Waals surface area contributed by atoms with Crippen LogP contribution >= 0.6 is 0 Å². The Morgan fingerprint density at radius 1 is 0.846 bits per heavy atom. The molecule has 0 aliphatic carbocycles. The van der Waals surface area contributed by atoms with Gasteiger partial charge in [0.2, 0.25) is 0 Å². The summed E-state index contributed by atoms with van der Waals surface area (Å²) in [4.78, 5) is 0. The van der Waals surface area contributed by atoms with Crippen LogP contribution in [0.25, 0.3) is 11.1 Å². The first kappa shape index (κ1) is 17.6. The highest BCUT2D eigenvalue weighted by Crippen LogP contribution is 2.35. The normalized spacial score (nSPS) is 11.0. The molecule has 0 aromatic heterocycles. The van der Waals surface area contributed by atoms with Gasteiger partial charge in [0.15, 0.2) is 0 Å². The fraction of sp³-hybridized carbons (Fsp3) is 0.0909. The van der Waals surface area contributed by atoms with Crippen molar-refractivity contribution < 1.29 is 17.9 Å². The van der Waals surface area contributed by atoms with E-state index in [9.17, 15) is 13.2 Å². The first-order valence-corrected chi connectivity index (χ1v) is 7.92. The largest absolute Gasteiger partial charge is 0.489 e. The molecule has 0 aliphatic heterocycles. The molecule has 4 heteroatoms. The number of benzene rings is 3. The van der Waals surface area contributed by atoms with Crippen molar-refractivity contribution in [2.24, 2.45) is 0 Å². The molecule has 3 aromatic carbocycles. The van der Waals surface area contributed by atoms with Crippen molar-refractivity contribution in [2.45, 2.75) is 12.8 Å². The van der Waals surface area contributed by atoms with Crippen molar-refractivity contribution in [1.29, 1.82) is 0 Å². The first-order valence-electron chi connectivity index (χ1n) is 7.92. The minimum atomic E-state index is -4.49. The van der Waals surface area contributed by atoms with E-state index < -0.39 is 11.7 Å². The van der Waals surface area contributed by atoms with Crippen LogP contribution < -0.4 is 4.74 Å². The Morgan fingerprint density at radius 2 is 1.50 bits per heavy atom. The van der Waals surface area contributed by atoms with Crippen LogP contribution in [0.2, 0.25) is 0 Å². The Balaban J connectivity index is 1.79. The van der Waals surface area contributed by atoms with Gasteiger partial charge >= 0.3 is 6.18 Å². The van der Waals surface area contributed by atoms with E-state index in [1.165, 1.54) is 6.07 Å². The van der Waals surface area contributed by atoms with Gasteiger partial charge in [-0.15, -0.1) is 6.42 Å². The molecule has 0 bridgehead atoms. The molecule has 0 heterocycles. The molecule has 0 spiro atoms. The van der Waals surface area contributed by atoms with Crippen molar-refractivity contribution in [3.05, 3.63) is 89.5 Å². The highest BCUT2D eigenvalue weighted by Gasteiger charge is 2.33. The Morgan fingerprint density at radius 3 is 2.12 bits per heavy atom. The molecule has 0 N–H and O–H groups in total. The molecule has 0 unspecified atom stereocenters. The summed E-state index contributed by atoms with van der Waals surface area (Å²) < 4.78 is 45.1. The van der Waals surface area contributed by atoms with Crippen molar-refractivity contribution in [1.82, 2.24) is 0 Å². The van der Waals surface area contributed by atoms with Gasteiger partial charge in [0, 0.05) is 5.56 Å². The molecule has 0 radical (unpaired) electrons. The quantitative estimate of drug-likeness (QED) is 0.529. The second-order valence-corrected chi connectivity index (χ2v) is 5.70. The summed E-state index contributed by atoms with van der Waals surface area (Å²) >= 11 is 0. The summed E-state index contributed by atoms with van der Waals surface area (Å²) in [5.41, 5.74) is 1.18. The highest BCUT2D eigenvalue weighted by atomic mass is 19.4. The Hall–Kier alpha value is -3.19. The van der Waals surface area contributed by atoms with Crippen LogP contribution in [0.4, 0.5) is 13.2 Å². The van der Waals surface area contributed by atoms with Gasteiger partial charge in [-0.2, -0.15) is 13.2 Å². The molecule has 0 fully saturated rings. The van der Waals surface area contributed by atoms with Crippen LogP contribution in [0.1, 0.15) is 16.7 Å². The lowest BCUT2D eigenvalue weighted by Crippen LogP contribution is -2.07. The Labute approximate surface area is 150 Å². The molecule has 3 aromatic rings. The molecule has 0 aliphatic rings. The first-order chi connectivity index (χ1) is 12.5. The Kier molecular flexibility index (Phi) is 4.99. The lowest BCUT2D eigenvalue weighted by Gasteiger charge is -2.12. The number of hydrogen-bond donors (Lipinski definition) is 0. The van der Waals surface area contributed by atoms with Crippen LogP contribution in [-0.4, -0.2) is 0 Å². The highest BCUT2D eigenvalue weighted by molar-refractivity contribution is 5.67. The summed E-state index contributed by atoms with van der Waals surface area (Å²) in [6.07, 6.45) is 0.681. The maximum atomic E-state index is 13.1. The van der Waals surface area contributed by atoms with Gasteiger partial charge in [0.05, 0.1) is 5.56 Å². The van der Waals surface area contributed by atoms with Crippen molar-refractivity contribution in [3.63, 3.8) is 0 Å². The van der Waals surface area contributed by atoms with E-state index in [-0.39, 0.29) is 5.56 Å². The maximum absolute atomic E-state index is 13.1. The molecular weight excluding hydrogens is 337 g/mol. The molecule has 26 heavy (non-hydrogen) atoms. The molecule has 0 saturated carbocycles. The van der Waals surface area contributed by atoms with Gasteiger partial charge in [-0.1, -0.05) is 54.5 Å². The molecule has 0 atom stereocenters. The van der Waals surface area contributed by atoms with Crippen LogP contribution in [0.5, 0.6) is 5.75 Å². The van der Waals surface area contributed by atoms with Gasteiger partial charge in [-0.05, 0) is 41.0 Å². The van der Waals surface area contributed by atoms with Crippen LogP contribution in [-0.2, 0) is 12.8 Å². The SMILES string of the molecule is C#Cc1ccc(-c2ccc(OCc3ccccc3)cc2)cc1C(F)(F)F. The van der Waals surface area contributed by atoms with Gasteiger partial charge in [-0.3, -0.25) is 0 Å². The van der Waals surface area contributed by atoms with E-state index in [0.29, 0.717) is 23.5 Å². The van der Waals surface area contributed by atoms with Crippen LogP contribution in [0.15, 0.2) is 72.8 Å². The smallest absolute Gasteiger partial charge is 0.417 e. The summed E-state index contributed by atoms with van der Waals surface area (Å²) in [7, 11) is 0. The predicted octanol–water partition coefficient (Wildman–Crippen LogP) is 5.93. The lowest BCUT2D eigenvalue weighted by molar-refractivity contribution is -0.137. The fourth-order valence-corrected chi connectivity index (χ4v) is 2.57. The third-order valence-corrected chi connectivity index (χ3v) is 3.92. The van der Waals surface area contributed by atoms with Gasteiger partial charge < -0.3 is 4.74 Å². The zero-order chi connectivity index (χ0) is 18.6. The monoisotopic (exact) mass is 352 g/mol. The zero-order valence-corrected chi connectivity index (χ0v) is 13.8. The topological polar surface area (TPSA) is 9.23 Å². The molecule has 1 nitrogen and oxygen atoms in total. The number of ether oxygens (including phenoxy) is 1. The van der Waals surface area contributed by atoms with E-state index in [0.717, 1.165) is 11.6 Å². The predicted molar refractivity (Wildman–Crippen MR) is 95.6 cm³/mol. The standard InChI is InChI=1S/C22H15F3O/c1-2-17-8-9-19(14-21(17)22(23,24)25)18-10-12-20(13-11-18)26-15-16-6-4-3-5-7-16/h1,3-14H,15H2. The average molecular weight is 352 g/mol.